The molecule has 4 aromatic rings. The lowest BCUT2D eigenvalue weighted by Gasteiger charge is -2.19. The van der Waals surface area contributed by atoms with E-state index >= 15 is 0 Å². The molecule has 4 rings (SSSR count). The molecule has 0 bridgehead atoms. The van der Waals surface area contributed by atoms with Crippen LogP contribution in [0.2, 0.25) is 5.15 Å². The van der Waals surface area contributed by atoms with Gasteiger partial charge >= 0.3 is 0 Å². The van der Waals surface area contributed by atoms with Crippen LogP contribution in [0.4, 0.5) is 10.2 Å². The number of hydrogen-bond donors (Lipinski definition) is 2. The number of fused-ring (bicyclic) bond motifs is 1. The lowest BCUT2D eigenvalue weighted by Crippen LogP contribution is -2.16. The monoisotopic (exact) mass is 422 g/mol. The number of benzene rings is 2. The maximum Gasteiger partial charge on any atom is 0.200 e. The van der Waals surface area contributed by atoms with E-state index in [0.717, 1.165) is 6.21 Å². The second kappa shape index (κ2) is 8.04. The minimum atomic E-state index is -0.551. The van der Waals surface area contributed by atoms with Gasteiger partial charge in [-0.25, -0.2) is 14.4 Å². The van der Waals surface area contributed by atoms with Crippen LogP contribution in [0.25, 0.3) is 22.1 Å². The van der Waals surface area contributed by atoms with E-state index in [1.54, 1.807) is 43.3 Å². The first-order chi connectivity index (χ1) is 14.5. The van der Waals surface area contributed by atoms with Crippen molar-refractivity contribution in [2.24, 2.45) is 0 Å². The first-order valence-electron chi connectivity index (χ1n) is 9.08. The summed E-state index contributed by atoms with van der Waals surface area (Å²) in [7, 11) is 0. The third-order valence-corrected chi connectivity index (χ3v) is 4.97. The molecule has 0 saturated heterocycles. The van der Waals surface area contributed by atoms with Crippen LogP contribution in [0.3, 0.4) is 0 Å². The summed E-state index contributed by atoms with van der Waals surface area (Å²) in [5.74, 6) is 0.175. The van der Waals surface area contributed by atoms with Gasteiger partial charge in [0.05, 0.1) is 22.6 Å². The van der Waals surface area contributed by atoms with Gasteiger partial charge in [-0.3, -0.25) is 4.79 Å². The fourth-order valence-electron chi connectivity index (χ4n) is 3.27. The van der Waals surface area contributed by atoms with E-state index in [9.17, 15) is 9.18 Å². The van der Waals surface area contributed by atoms with E-state index in [2.05, 4.69) is 15.3 Å². The van der Waals surface area contributed by atoms with E-state index in [4.69, 9.17) is 21.4 Å². The molecule has 2 aromatic carbocycles. The van der Waals surface area contributed by atoms with E-state index in [1.165, 1.54) is 18.5 Å². The Hall–Kier alpha value is -3.58. The minimum Gasteiger partial charge on any atom is -0.458 e. The van der Waals surface area contributed by atoms with Gasteiger partial charge in [0.15, 0.2) is 0 Å². The average Bonchev–Trinajstić information content (AvgIpc) is 2.74. The molecular weight excluding hydrogens is 407 g/mol. The zero-order valence-electron chi connectivity index (χ0n) is 15.8. The molecule has 6 nitrogen and oxygen atoms in total. The van der Waals surface area contributed by atoms with Gasteiger partial charge in [-0.15, -0.1) is 0 Å². The maximum absolute atomic E-state index is 13.9. The highest BCUT2D eigenvalue weighted by Gasteiger charge is 2.22. The molecule has 0 amide bonds. The number of anilines is 1. The van der Waals surface area contributed by atoms with E-state index < -0.39 is 11.9 Å². The maximum atomic E-state index is 13.9. The van der Waals surface area contributed by atoms with Gasteiger partial charge < -0.3 is 15.1 Å². The lowest BCUT2D eigenvalue weighted by molar-refractivity contribution is 0.515. The van der Waals surface area contributed by atoms with E-state index in [0.29, 0.717) is 33.7 Å². The second-order valence-electron chi connectivity index (χ2n) is 6.61. The summed E-state index contributed by atoms with van der Waals surface area (Å²) in [6.45, 7) is 1.78. The Labute approximate surface area is 175 Å². The molecule has 1 atom stereocenters. The fourth-order valence-corrected chi connectivity index (χ4v) is 3.46. The Balaban J connectivity index is 1.91. The zero-order chi connectivity index (χ0) is 21.3. The number of nitrogens with one attached hydrogen (secondary N) is 2. The molecule has 30 heavy (non-hydrogen) atoms. The first-order valence-corrected chi connectivity index (χ1v) is 9.46. The summed E-state index contributed by atoms with van der Waals surface area (Å²) < 4.78 is 20.0. The first kappa shape index (κ1) is 19.7. The van der Waals surface area contributed by atoms with Crippen molar-refractivity contribution in [1.82, 2.24) is 9.97 Å². The Morgan fingerprint density at radius 1 is 1.20 bits per heavy atom. The van der Waals surface area contributed by atoms with Crippen molar-refractivity contribution in [3.8, 4) is 11.1 Å². The molecule has 150 valence electrons. The standard InChI is InChI=1S/C22H16ClFN4O2/c1-12(28-22-16(10-25)21(23)26-11-27-22)20-18(13-5-4-6-14(24)9-13)19(29)15-7-2-3-8-17(15)30-20/h2-12,25H,1H3,(H,26,27,28). The molecule has 0 aliphatic rings. The Bertz CT molecular complexity index is 1320. The largest absolute Gasteiger partial charge is 0.458 e. The summed E-state index contributed by atoms with van der Waals surface area (Å²) >= 11 is 6.05. The lowest BCUT2D eigenvalue weighted by atomic mass is 9.99. The number of aromatic nitrogens is 2. The van der Waals surface area contributed by atoms with Crippen LogP contribution in [0.15, 0.2) is 64.1 Å². The van der Waals surface area contributed by atoms with Gasteiger partial charge in [-0.2, -0.15) is 0 Å². The predicted octanol–water partition coefficient (Wildman–Crippen LogP) is 5.21. The van der Waals surface area contributed by atoms with Crippen LogP contribution in [-0.4, -0.2) is 16.2 Å². The smallest absolute Gasteiger partial charge is 0.200 e. The fraction of sp³-hybridized carbons (Fsp3) is 0.0909. The molecule has 2 N–H and O–H groups in total. The number of hydrogen-bond acceptors (Lipinski definition) is 6. The van der Waals surface area contributed by atoms with Crippen molar-refractivity contribution >= 4 is 34.6 Å². The Morgan fingerprint density at radius 2 is 2.00 bits per heavy atom. The SMILES string of the molecule is CC(Nc1ncnc(Cl)c1C=N)c1oc2ccccc2c(=O)c1-c1cccc(F)c1. The molecule has 0 fully saturated rings. The van der Waals surface area contributed by atoms with Crippen LogP contribution in [0.5, 0.6) is 0 Å². The van der Waals surface area contributed by atoms with E-state index in [1.807, 2.05) is 0 Å². The van der Waals surface area contributed by atoms with Crippen molar-refractivity contribution in [3.63, 3.8) is 0 Å². The molecule has 0 saturated carbocycles. The van der Waals surface area contributed by atoms with Gasteiger partial charge in [0, 0.05) is 6.21 Å². The topological polar surface area (TPSA) is 91.9 Å². The van der Waals surface area contributed by atoms with Crippen LogP contribution in [0.1, 0.15) is 24.3 Å². The van der Waals surface area contributed by atoms with Crippen molar-refractivity contribution in [3.05, 3.63) is 87.4 Å². The van der Waals surface area contributed by atoms with Crippen molar-refractivity contribution < 1.29 is 8.81 Å². The summed E-state index contributed by atoms with van der Waals surface area (Å²) in [5.41, 5.74) is 1.12. The van der Waals surface area contributed by atoms with Crippen LogP contribution >= 0.6 is 11.6 Å². The highest BCUT2D eigenvalue weighted by molar-refractivity contribution is 6.32. The minimum absolute atomic E-state index is 0.125. The van der Waals surface area contributed by atoms with Gasteiger partial charge in [0.2, 0.25) is 5.43 Å². The molecule has 1 unspecified atom stereocenters. The highest BCUT2D eigenvalue weighted by atomic mass is 35.5. The number of halogens is 2. The van der Waals surface area contributed by atoms with Crippen LogP contribution in [0, 0.1) is 11.2 Å². The summed E-state index contributed by atoms with van der Waals surface area (Å²) in [5, 5.41) is 11.2. The van der Waals surface area contributed by atoms with Crippen LogP contribution in [-0.2, 0) is 0 Å². The average molecular weight is 423 g/mol. The Morgan fingerprint density at radius 3 is 2.77 bits per heavy atom. The predicted molar refractivity (Wildman–Crippen MR) is 115 cm³/mol. The van der Waals surface area contributed by atoms with Gasteiger partial charge in [-0.1, -0.05) is 35.9 Å². The van der Waals surface area contributed by atoms with Crippen LogP contribution < -0.4 is 10.7 Å². The summed E-state index contributed by atoms with van der Waals surface area (Å²) in [4.78, 5) is 21.3. The molecule has 0 aliphatic heterocycles. The second-order valence-corrected chi connectivity index (χ2v) is 6.97. The molecular formula is C22H16ClFN4O2. The third kappa shape index (κ3) is 3.55. The number of para-hydroxylation sites is 1. The molecule has 0 radical (unpaired) electrons. The molecule has 0 aliphatic carbocycles. The summed E-state index contributed by atoms with van der Waals surface area (Å²) in [6.07, 6.45) is 2.32. The highest BCUT2D eigenvalue weighted by Crippen LogP contribution is 2.31. The molecule has 2 heterocycles. The van der Waals surface area contributed by atoms with Gasteiger partial charge in [0.25, 0.3) is 0 Å². The van der Waals surface area contributed by atoms with E-state index in [-0.39, 0.29) is 16.1 Å². The number of rotatable bonds is 5. The van der Waals surface area contributed by atoms with Crippen molar-refractivity contribution in [1.29, 1.82) is 5.41 Å². The number of nitrogens with zero attached hydrogens (tertiary/aromatic N) is 2. The van der Waals surface area contributed by atoms with Gasteiger partial charge in [0.1, 0.15) is 34.5 Å². The van der Waals surface area contributed by atoms with Gasteiger partial charge in [-0.05, 0) is 36.8 Å². The Kier molecular flexibility index (Phi) is 5.29. The normalized spacial score (nSPS) is 12.0. The zero-order valence-corrected chi connectivity index (χ0v) is 16.6. The third-order valence-electron chi connectivity index (χ3n) is 4.66. The molecule has 2 aromatic heterocycles. The quantitative estimate of drug-likeness (QED) is 0.340. The summed E-state index contributed by atoms with van der Waals surface area (Å²) in [6, 6.07) is 12.1. The molecule has 0 spiro atoms. The van der Waals surface area contributed by atoms with Crippen molar-refractivity contribution in [2.45, 2.75) is 13.0 Å². The van der Waals surface area contributed by atoms with Crippen molar-refractivity contribution in [2.75, 3.05) is 5.32 Å². The molecule has 8 heteroatoms.